The normalized spacial score (nSPS) is 9.50. The van der Waals surface area contributed by atoms with Crippen molar-refractivity contribution in [2.75, 3.05) is 6.61 Å². The van der Waals surface area contributed by atoms with Crippen LogP contribution in [-0.4, -0.2) is 24.0 Å². The Labute approximate surface area is 81.1 Å². The average Bonchev–Trinajstić information content (AvgIpc) is 2.15. The topological polar surface area (TPSA) is 63.6 Å². The molecule has 0 aliphatic heterocycles. The number of carboxylic acids is 1. The van der Waals surface area contributed by atoms with Crippen LogP contribution in [0.15, 0.2) is 18.2 Å². The van der Waals surface area contributed by atoms with Crippen molar-refractivity contribution in [2.24, 2.45) is 0 Å². The lowest BCUT2D eigenvalue weighted by atomic mass is 10.1. The molecule has 14 heavy (non-hydrogen) atoms. The van der Waals surface area contributed by atoms with Gasteiger partial charge in [-0.3, -0.25) is 4.79 Å². The summed E-state index contributed by atoms with van der Waals surface area (Å²) in [6.07, 6.45) is 0.575. The third-order valence-corrected chi connectivity index (χ3v) is 1.67. The van der Waals surface area contributed by atoms with Crippen LogP contribution in [0.3, 0.4) is 0 Å². The SMILES string of the molecule is Cc1ccc(OCC=O)c(C(=O)O)c1. The van der Waals surface area contributed by atoms with Gasteiger partial charge in [-0.25, -0.2) is 4.79 Å². The lowest BCUT2D eigenvalue weighted by Crippen LogP contribution is -2.05. The van der Waals surface area contributed by atoms with Gasteiger partial charge in [0.25, 0.3) is 0 Å². The Kier molecular flexibility index (Phi) is 3.23. The van der Waals surface area contributed by atoms with Gasteiger partial charge in [-0.2, -0.15) is 0 Å². The first-order chi connectivity index (χ1) is 6.65. The van der Waals surface area contributed by atoms with Crippen molar-refractivity contribution in [2.45, 2.75) is 6.92 Å². The number of carbonyl (C=O) groups excluding carboxylic acids is 1. The molecule has 0 heterocycles. The number of carboxylic acid groups (broad SMARTS) is 1. The van der Waals surface area contributed by atoms with Gasteiger partial charge in [0, 0.05) is 0 Å². The minimum absolute atomic E-state index is 0.0758. The van der Waals surface area contributed by atoms with E-state index in [1.807, 2.05) is 0 Å². The van der Waals surface area contributed by atoms with Gasteiger partial charge in [0.15, 0.2) is 6.29 Å². The number of carbonyl (C=O) groups is 2. The predicted octanol–water partition coefficient (Wildman–Crippen LogP) is 1.27. The molecular weight excluding hydrogens is 184 g/mol. The van der Waals surface area contributed by atoms with E-state index in [1.54, 1.807) is 19.1 Å². The molecule has 4 nitrogen and oxygen atoms in total. The van der Waals surface area contributed by atoms with Gasteiger partial charge in [0.05, 0.1) is 0 Å². The third-order valence-electron chi connectivity index (χ3n) is 1.67. The van der Waals surface area contributed by atoms with Crippen molar-refractivity contribution < 1.29 is 19.4 Å². The molecule has 4 heteroatoms. The maximum absolute atomic E-state index is 10.8. The van der Waals surface area contributed by atoms with E-state index in [-0.39, 0.29) is 17.9 Å². The highest BCUT2D eigenvalue weighted by atomic mass is 16.5. The first-order valence-electron chi connectivity index (χ1n) is 4.05. The van der Waals surface area contributed by atoms with E-state index in [9.17, 15) is 9.59 Å². The molecule has 0 bridgehead atoms. The second-order valence-electron chi connectivity index (χ2n) is 2.78. The van der Waals surface area contributed by atoms with Crippen molar-refractivity contribution >= 4 is 12.3 Å². The zero-order valence-corrected chi connectivity index (χ0v) is 7.69. The Morgan fingerprint density at radius 3 is 2.86 bits per heavy atom. The number of ether oxygens (including phenoxy) is 1. The molecule has 1 aromatic carbocycles. The minimum atomic E-state index is -1.06. The molecule has 1 N–H and O–H groups in total. The smallest absolute Gasteiger partial charge is 0.339 e. The quantitative estimate of drug-likeness (QED) is 0.733. The Morgan fingerprint density at radius 1 is 1.57 bits per heavy atom. The minimum Gasteiger partial charge on any atom is -0.485 e. The van der Waals surface area contributed by atoms with Gasteiger partial charge in [0.1, 0.15) is 17.9 Å². The van der Waals surface area contributed by atoms with Gasteiger partial charge in [-0.15, -0.1) is 0 Å². The van der Waals surface area contributed by atoms with Gasteiger partial charge >= 0.3 is 5.97 Å². The standard InChI is InChI=1S/C10H10O4/c1-7-2-3-9(14-5-4-11)8(6-7)10(12)13/h2-4,6H,5H2,1H3,(H,12,13). The van der Waals surface area contributed by atoms with Crippen LogP contribution in [0.25, 0.3) is 0 Å². The van der Waals surface area contributed by atoms with Crippen molar-refractivity contribution in [3.8, 4) is 5.75 Å². The van der Waals surface area contributed by atoms with Gasteiger partial charge < -0.3 is 9.84 Å². The van der Waals surface area contributed by atoms with Gasteiger partial charge in [0.2, 0.25) is 0 Å². The number of aryl methyl sites for hydroxylation is 1. The summed E-state index contributed by atoms with van der Waals surface area (Å²) < 4.78 is 4.95. The first-order valence-corrected chi connectivity index (χ1v) is 4.05. The van der Waals surface area contributed by atoms with Crippen LogP contribution in [-0.2, 0) is 4.79 Å². The maximum Gasteiger partial charge on any atom is 0.339 e. The largest absolute Gasteiger partial charge is 0.485 e. The molecular formula is C10H10O4. The summed E-state index contributed by atoms with van der Waals surface area (Å²) in [7, 11) is 0. The summed E-state index contributed by atoms with van der Waals surface area (Å²) >= 11 is 0. The predicted molar refractivity (Wildman–Crippen MR) is 49.7 cm³/mol. The lowest BCUT2D eigenvalue weighted by molar-refractivity contribution is -0.109. The molecule has 0 amide bonds. The number of benzene rings is 1. The van der Waals surface area contributed by atoms with E-state index >= 15 is 0 Å². The molecule has 1 aromatic rings. The summed E-state index contributed by atoms with van der Waals surface area (Å²) in [6, 6.07) is 4.78. The average molecular weight is 194 g/mol. The molecule has 0 radical (unpaired) electrons. The van der Waals surface area contributed by atoms with E-state index in [2.05, 4.69) is 0 Å². The lowest BCUT2D eigenvalue weighted by Gasteiger charge is -2.06. The van der Waals surface area contributed by atoms with Crippen molar-refractivity contribution in [1.82, 2.24) is 0 Å². The second kappa shape index (κ2) is 4.41. The number of aldehydes is 1. The number of hydrogen-bond donors (Lipinski definition) is 1. The van der Waals surface area contributed by atoms with Crippen LogP contribution < -0.4 is 4.74 Å². The molecule has 0 aliphatic rings. The maximum atomic E-state index is 10.8. The van der Waals surface area contributed by atoms with E-state index in [0.29, 0.717) is 6.29 Å². The van der Waals surface area contributed by atoms with Crippen molar-refractivity contribution in [3.05, 3.63) is 29.3 Å². The first kappa shape index (κ1) is 10.2. The zero-order valence-electron chi connectivity index (χ0n) is 7.69. The summed E-state index contributed by atoms with van der Waals surface area (Å²) in [6.45, 7) is 1.65. The second-order valence-corrected chi connectivity index (χ2v) is 2.78. The fraction of sp³-hybridized carbons (Fsp3) is 0.200. The van der Waals surface area contributed by atoms with Crippen LogP contribution in [0.5, 0.6) is 5.75 Å². The summed E-state index contributed by atoms with van der Waals surface area (Å²) in [4.78, 5) is 20.8. The van der Waals surface area contributed by atoms with Crippen molar-refractivity contribution in [1.29, 1.82) is 0 Å². The zero-order chi connectivity index (χ0) is 10.6. The number of hydrogen-bond acceptors (Lipinski definition) is 3. The highest BCUT2D eigenvalue weighted by molar-refractivity contribution is 5.91. The van der Waals surface area contributed by atoms with Crippen LogP contribution in [0.1, 0.15) is 15.9 Å². The summed E-state index contributed by atoms with van der Waals surface area (Å²) in [5, 5.41) is 8.82. The molecule has 0 spiro atoms. The molecule has 1 rings (SSSR count). The van der Waals surface area contributed by atoms with Crippen LogP contribution >= 0.6 is 0 Å². The van der Waals surface area contributed by atoms with Gasteiger partial charge in [-0.1, -0.05) is 11.6 Å². The van der Waals surface area contributed by atoms with E-state index in [1.165, 1.54) is 6.07 Å². The number of rotatable bonds is 4. The molecule has 0 unspecified atom stereocenters. The van der Waals surface area contributed by atoms with E-state index in [4.69, 9.17) is 9.84 Å². The Bertz CT molecular complexity index is 357. The molecule has 0 aromatic heterocycles. The molecule has 0 atom stereocenters. The summed E-state index contributed by atoms with van der Waals surface area (Å²) in [5.74, 6) is -0.843. The highest BCUT2D eigenvalue weighted by Gasteiger charge is 2.10. The fourth-order valence-corrected chi connectivity index (χ4v) is 1.06. The molecule has 74 valence electrons. The fourth-order valence-electron chi connectivity index (χ4n) is 1.06. The van der Waals surface area contributed by atoms with Crippen LogP contribution in [0, 0.1) is 6.92 Å². The molecule has 0 aliphatic carbocycles. The van der Waals surface area contributed by atoms with Crippen molar-refractivity contribution in [3.63, 3.8) is 0 Å². The Balaban J connectivity index is 3.01. The van der Waals surface area contributed by atoms with Gasteiger partial charge in [-0.05, 0) is 19.1 Å². The van der Waals surface area contributed by atoms with Crippen LogP contribution in [0.4, 0.5) is 0 Å². The monoisotopic (exact) mass is 194 g/mol. The Morgan fingerprint density at radius 2 is 2.29 bits per heavy atom. The highest BCUT2D eigenvalue weighted by Crippen LogP contribution is 2.19. The van der Waals surface area contributed by atoms with Crippen LogP contribution in [0.2, 0.25) is 0 Å². The molecule has 0 fully saturated rings. The summed E-state index contributed by atoms with van der Waals surface area (Å²) in [5.41, 5.74) is 0.910. The Hall–Kier alpha value is -1.84. The molecule has 0 saturated heterocycles. The third kappa shape index (κ3) is 2.32. The molecule has 0 saturated carbocycles. The van der Waals surface area contributed by atoms with E-state index in [0.717, 1.165) is 5.56 Å². The van der Waals surface area contributed by atoms with E-state index < -0.39 is 5.97 Å². The number of aromatic carboxylic acids is 1.